The molecule has 1 aliphatic rings. The van der Waals surface area contributed by atoms with Crippen molar-refractivity contribution in [2.45, 2.75) is 18.4 Å². The highest BCUT2D eigenvalue weighted by atomic mass is 16.4. The molecule has 1 heterocycles. The van der Waals surface area contributed by atoms with E-state index >= 15 is 0 Å². The van der Waals surface area contributed by atoms with Crippen LogP contribution < -0.4 is 5.73 Å². The van der Waals surface area contributed by atoms with Crippen molar-refractivity contribution in [1.29, 1.82) is 0 Å². The van der Waals surface area contributed by atoms with Gasteiger partial charge in [0, 0.05) is 6.54 Å². The average molecular weight is 250 g/mol. The fourth-order valence-electron chi connectivity index (χ4n) is 2.34. The molecule has 1 atom stereocenters. The lowest BCUT2D eigenvalue weighted by Crippen LogP contribution is -2.33. The highest BCUT2D eigenvalue weighted by molar-refractivity contribution is 5.65. The molecule has 1 aromatic rings. The van der Waals surface area contributed by atoms with Crippen molar-refractivity contribution in [3.8, 4) is 0 Å². The number of rotatable bonds is 3. The first kappa shape index (κ1) is 12.9. The summed E-state index contributed by atoms with van der Waals surface area (Å²) in [5.41, 5.74) is 6.31. The molecule has 2 rings (SSSR count). The van der Waals surface area contributed by atoms with Gasteiger partial charge in [0.1, 0.15) is 5.60 Å². The van der Waals surface area contributed by atoms with Crippen molar-refractivity contribution in [1.82, 2.24) is 4.90 Å². The Morgan fingerprint density at radius 1 is 1.39 bits per heavy atom. The Hall–Kier alpha value is -1.59. The Labute approximate surface area is 106 Å². The van der Waals surface area contributed by atoms with Gasteiger partial charge in [-0.05, 0) is 30.5 Å². The topological polar surface area (TPSA) is 86.8 Å². The number of likely N-dealkylation sites (tertiary alicyclic amines) is 1. The van der Waals surface area contributed by atoms with Crippen LogP contribution >= 0.6 is 0 Å². The van der Waals surface area contributed by atoms with Crippen molar-refractivity contribution >= 4 is 6.09 Å². The standard InChI is InChI=1S/C13H18N2O3/c14-7-5-10-1-3-11(4-2-10)13(18)6-8-15(9-13)12(16)17/h1-4,18H,5-9,14H2,(H,16,17). The lowest BCUT2D eigenvalue weighted by atomic mass is 9.92. The molecule has 98 valence electrons. The Kier molecular flexibility index (Phi) is 3.54. The Morgan fingerprint density at radius 2 is 2.06 bits per heavy atom. The number of nitrogens with two attached hydrogens (primary N) is 1. The van der Waals surface area contributed by atoms with Crippen LogP contribution in [-0.4, -0.2) is 40.8 Å². The van der Waals surface area contributed by atoms with Gasteiger partial charge in [-0.3, -0.25) is 0 Å². The van der Waals surface area contributed by atoms with Crippen molar-refractivity contribution in [3.05, 3.63) is 35.4 Å². The van der Waals surface area contributed by atoms with Crippen LogP contribution in [-0.2, 0) is 12.0 Å². The number of amides is 1. The van der Waals surface area contributed by atoms with Crippen LogP contribution in [0.3, 0.4) is 0 Å². The van der Waals surface area contributed by atoms with Gasteiger partial charge in [-0.25, -0.2) is 4.79 Å². The molecule has 0 aliphatic carbocycles. The summed E-state index contributed by atoms with van der Waals surface area (Å²) in [6.45, 7) is 1.10. The van der Waals surface area contributed by atoms with Crippen LogP contribution in [0.4, 0.5) is 4.79 Å². The first-order valence-corrected chi connectivity index (χ1v) is 6.05. The van der Waals surface area contributed by atoms with E-state index in [1.165, 1.54) is 4.90 Å². The van der Waals surface area contributed by atoms with E-state index in [4.69, 9.17) is 10.8 Å². The van der Waals surface area contributed by atoms with Gasteiger partial charge in [0.25, 0.3) is 0 Å². The minimum atomic E-state index is -1.06. The predicted molar refractivity (Wildman–Crippen MR) is 67.3 cm³/mol. The van der Waals surface area contributed by atoms with Crippen molar-refractivity contribution in [2.24, 2.45) is 5.73 Å². The minimum absolute atomic E-state index is 0.137. The van der Waals surface area contributed by atoms with Crippen molar-refractivity contribution in [2.75, 3.05) is 19.6 Å². The van der Waals surface area contributed by atoms with E-state index in [1.807, 2.05) is 24.3 Å². The molecule has 0 spiro atoms. The van der Waals surface area contributed by atoms with E-state index in [-0.39, 0.29) is 6.54 Å². The van der Waals surface area contributed by atoms with E-state index in [1.54, 1.807) is 0 Å². The lowest BCUT2D eigenvalue weighted by Gasteiger charge is -2.23. The van der Waals surface area contributed by atoms with E-state index in [9.17, 15) is 9.90 Å². The molecular weight excluding hydrogens is 232 g/mol. The van der Waals surface area contributed by atoms with Crippen LogP contribution in [0, 0.1) is 0 Å². The van der Waals surface area contributed by atoms with Crippen LogP contribution in [0.2, 0.25) is 0 Å². The second-order valence-electron chi connectivity index (χ2n) is 4.72. The van der Waals surface area contributed by atoms with E-state index in [2.05, 4.69) is 0 Å². The number of aliphatic hydroxyl groups is 1. The third-order valence-corrected chi connectivity index (χ3v) is 3.44. The molecule has 4 N–H and O–H groups in total. The molecule has 0 bridgehead atoms. The summed E-state index contributed by atoms with van der Waals surface area (Å²) in [5, 5.41) is 19.4. The zero-order chi connectivity index (χ0) is 13.2. The zero-order valence-electron chi connectivity index (χ0n) is 10.2. The molecule has 1 unspecified atom stereocenters. The van der Waals surface area contributed by atoms with E-state index < -0.39 is 11.7 Å². The van der Waals surface area contributed by atoms with Gasteiger partial charge in [0.15, 0.2) is 0 Å². The third-order valence-electron chi connectivity index (χ3n) is 3.44. The summed E-state index contributed by atoms with van der Waals surface area (Å²) in [6.07, 6.45) is 0.265. The zero-order valence-corrected chi connectivity index (χ0v) is 10.2. The monoisotopic (exact) mass is 250 g/mol. The van der Waals surface area contributed by atoms with Gasteiger partial charge in [-0.1, -0.05) is 24.3 Å². The fourth-order valence-corrected chi connectivity index (χ4v) is 2.34. The van der Waals surface area contributed by atoms with Crippen LogP contribution in [0.25, 0.3) is 0 Å². The highest BCUT2D eigenvalue weighted by Gasteiger charge is 2.39. The number of nitrogens with zero attached hydrogens (tertiary/aromatic N) is 1. The molecule has 0 saturated carbocycles. The molecule has 1 amide bonds. The number of hydrogen-bond acceptors (Lipinski definition) is 3. The second kappa shape index (κ2) is 4.96. The SMILES string of the molecule is NCCc1ccc(C2(O)CCN(C(=O)O)C2)cc1. The summed E-state index contributed by atoms with van der Waals surface area (Å²) < 4.78 is 0. The fraction of sp³-hybridized carbons (Fsp3) is 0.462. The Morgan fingerprint density at radius 3 is 2.56 bits per heavy atom. The molecular formula is C13H18N2O3. The quantitative estimate of drug-likeness (QED) is 0.739. The van der Waals surface area contributed by atoms with Crippen LogP contribution in [0.15, 0.2) is 24.3 Å². The number of hydrogen-bond donors (Lipinski definition) is 3. The Bertz CT molecular complexity index is 432. The van der Waals surface area contributed by atoms with Gasteiger partial charge in [0.2, 0.25) is 0 Å². The Balaban J connectivity index is 2.13. The molecule has 0 radical (unpaired) electrons. The summed E-state index contributed by atoms with van der Waals surface area (Å²) in [6, 6.07) is 7.58. The van der Waals surface area contributed by atoms with Gasteiger partial charge in [0.05, 0.1) is 6.54 Å². The number of carboxylic acid groups (broad SMARTS) is 1. The van der Waals surface area contributed by atoms with Crippen molar-refractivity contribution < 1.29 is 15.0 Å². The van der Waals surface area contributed by atoms with Gasteiger partial charge >= 0.3 is 6.09 Å². The normalized spacial score (nSPS) is 23.3. The van der Waals surface area contributed by atoms with Crippen LogP contribution in [0.5, 0.6) is 0 Å². The molecule has 18 heavy (non-hydrogen) atoms. The first-order chi connectivity index (χ1) is 8.55. The molecule has 1 aromatic carbocycles. The lowest BCUT2D eigenvalue weighted by molar-refractivity contribution is 0.0459. The largest absolute Gasteiger partial charge is 0.465 e. The minimum Gasteiger partial charge on any atom is -0.465 e. The number of β-amino-alcohol motifs (C(OH)–C–C–N with tert-alkyl or cyclic N) is 1. The smallest absolute Gasteiger partial charge is 0.407 e. The maximum Gasteiger partial charge on any atom is 0.407 e. The maximum absolute atomic E-state index is 10.9. The first-order valence-electron chi connectivity index (χ1n) is 6.05. The molecule has 1 fully saturated rings. The van der Waals surface area contributed by atoms with Gasteiger partial charge in [-0.15, -0.1) is 0 Å². The van der Waals surface area contributed by atoms with E-state index in [0.717, 1.165) is 17.5 Å². The molecule has 1 aliphatic heterocycles. The maximum atomic E-state index is 10.9. The number of carbonyl (C=O) groups is 1. The predicted octanol–water partition coefficient (Wildman–Crippen LogP) is 0.759. The summed E-state index contributed by atoms with van der Waals surface area (Å²) in [7, 11) is 0. The van der Waals surface area contributed by atoms with Gasteiger partial charge < -0.3 is 20.8 Å². The van der Waals surface area contributed by atoms with Crippen LogP contribution in [0.1, 0.15) is 17.5 Å². The number of benzene rings is 1. The van der Waals surface area contributed by atoms with Gasteiger partial charge in [-0.2, -0.15) is 0 Å². The summed E-state index contributed by atoms with van der Waals surface area (Å²) >= 11 is 0. The molecule has 0 aromatic heterocycles. The third kappa shape index (κ3) is 2.47. The average Bonchev–Trinajstić information content (AvgIpc) is 2.75. The summed E-state index contributed by atoms with van der Waals surface area (Å²) in [4.78, 5) is 12.1. The summed E-state index contributed by atoms with van der Waals surface area (Å²) in [5.74, 6) is 0. The molecule has 5 heteroatoms. The molecule has 5 nitrogen and oxygen atoms in total. The second-order valence-corrected chi connectivity index (χ2v) is 4.72. The molecule has 1 saturated heterocycles. The van der Waals surface area contributed by atoms with Crippen molar-refractivity contribution in [3.63, 3.8) is 0 Å². The van der Waals surface area contributed by atoms with E-state index in [0.29, 0.717) is 19.5 Å². The highest BCUT2D eigenvalue weighted by Crippen LogP contribution is 2.32.